The molecule has 0 aliphatic carbocycles. The second-order valence-corrected chi connectivity index (χ2v) is 7.99. The van der Waals surface area contributed by atoms with Gasteiger partial charge < -0.3 is 20.0 Å². The molecule has 2 amide bonds. The van der Waals surface area contributed by atoms with Gasteiger partial charge in [0.15, 0.2) is 12.2 Å². The molecular weight excluding hydrogens is 404 g/mol. The Hall–Kier alpha value is -3.61. The molecule has 1 saturated heterocycles. The molecular formula is C25H28N4O3. The van der Waals surface area contributed by atoms with Crippen LogP contribution in [0.4, 0.5) is 11.4 Å². The van der Waals surface area contributed by atoms with E-state index in [-0.39, 0.29) is 11.8 Å². The highest BCUT2D eigenvalue weighted by Crippen LogP contribution is 2.24. The van der Waals surface area contributed by atoms with Gasteiger partial charge in [-0.15, -0.1) is 0 Å². The van der Waals surface area contributed by atoms with Crippen LogP contribution in [0.5, 0.6) is 0 Å². The predicted molar refractivity (Wildman–Crippen MR) is 125 cm³/mol. The van der Waals surface area contributed by atoms with Crippen molar-refractivity contribution in [2.75, 3.05) is 23.3 Å². The molecule has 0 bridgehead atoms. The first kappa shape index (κ1) is 21.6. The highest BCUT2D eigenvalue weighted by Gasteiger charge is 2.21. The van der Waals surface area contributed by atoms with Crippen molar-refractivity contribution in [2.24, 2.45) is 0 Å². The summed E-state index contributed by atoms with van der Waals surface area (Å²) in [6.07, 6.45) is 6.71. The largest absolute Gasteiger partial charge is 0.444 e. The maximum Gasteiger partial charge on any atom is 0.251 e. The van der Waals surface area contributed by atoms with Gasteiger partial charge in [0.25, 0.3) is 5.91 Å². The van der Waals surface area contributed by atoms with Crippen LogP contribution < -0.4 is 15.5 Å². The van der Waals surface area contributed by atoms with E-state index in [2.05, 4.69) is 26.6 Å². The zero-order valence-electron chi connectivity index (χ0n) is 18.2. The quantitative estimate of drug-likeness (QED) is 0.548. The Bertz CT molecular complexity index is 1040. The van der Waals surface area contributed by atoms with Crippen LogP contribution >= 0.6 is 0 Å². The van der Waals surface area contributed by atoms with Crippen molar-refractivity contribution in [1.82, 2.24) is 10.3 Å². The lowest BCUT2D eigenvalue weighted by molar-refractivity contribution is -0.118. The van der Waals surface area contributed by atoms with Gasteiger partial charge in [-0.3, -0.25) is 9.59 Å². The van der Waals surface area contributed by atoms with Crippen molar-refractivity contribution < 1.29 is 14.0 Å². The van der Waals surface area contributed by atoms with E-state index in [4.69, 9.17) is 4.42 Å². The van der Waals surface area contributed by atoms with Crippen molar-refractivity contribution >= 4 is 23.2 Å². The van der Waals surface area contributed by atoms with Gasteiger partial charge in [0, 0.05) is 35.6 Å². The zero-order chi connectivity index (χ0) is 22.3. The van der Waals surface area contributed by atoms with E-state index < -0.39 is 6.04 Å². The number of nitrogens with one attached hydrogen (secondary N) is 2. The molecule has 32 heavy (non-hydrogen) atoms. The lowest BCUT2D eigenvalue weighted by Crippen LogP contribution is -2.43. The van der Waals surface area contributed by atoms with Gasteiger partial charge in [0.05, 0.1) is 6.20 Å². The number of nitrogens with zero attached hydrogens (tertiary/aromatic N) is 2. The number of hydrogen-bond acceptors (Lipinski definition) is 5. The molecule has 2 heterocycles. The van der Waals surface area contributed by atoms with E-state index in [9.17, 15) is 9.59 Å². The highest BCUT2D eigenvalue weighted by atomic mass is 16.3. The average Bonchev–Trinajstić information content (AvgIpc) is 3.53. The molecule has 4 rings (SSSR count). The van der Waals surface area contributed by atoms with E-state index in [1.54, 1.807) is 30.5 Å². The normalized spacial score (nSPS) is 14.2. The Labute approximate surface area is 187 Å². The van der Waals surface area contributed by atoms with Gasteiger partial charge in [-0.25, -0.2) is 4.98 Å². The van der Waals surface area contributed by atoms with Crippen LogP contribution in [0.25, 0.3) is 11.3 Å². The third-order valence-electron chi connectivity index (χ3n) is 5.65. The molecule has 0 radical (unpaired) electrons. The molecule has 2 aromatic carbocycles. The molecule has 1 unspecified atom stereocenters. The van der Waals surface area contributed by atoms with Crippen molar-refractivity contribution in [1.29, 1.82) is 0 Å². The van der Waals surface area contributed by atoms with Crippen molar-refractivity contribution in [2.45, 2.75) is 38.6 Å². The second-order valence-electron chi connectivity index (χ2n) is 7.99. The number of rotatable bonds is 8. The minimum atomic E-state index is -0.614. The zero-order valence-corrected chi connectivity index (χ0v) is 18.2. The Morgan fingerprint density at radius 3 is 2.59 bits per heavy atom. The Balaban J connectivity index is 1.41. The predicted octanol–water partition coefficient (Wildman–Crippen LogP) is 4.48. The van der Waals surface area contributed by atoms with E-state index in [1.165, 1.54) is 19.2 Å². The highest BCUT2D eigenvalue weighted by molar-refractivity contribution is 6.01. The molecule has 7 nitrogen and oxygen atoms in total. The van der Waals surface area contributed by atoms with Crippen molar-refractivity contribution in [3.63, 3.8) is 0 Å². The summed E-state index contributed by atoms with van der Waals surface area (Å²) >= 11 is 0. The number of aromatic nitrogens is 1. The minimum absolute atomic E-state index is 0.211. The number of carbonyl (C=O) groups is 2. The lowest BCUT2D eigenvalue weighted by atomic mass is 10.1. The first-order valence-electron chi connectivity index (χ1n) is 11.1. The van der Waals surface area contributed by atoms with Gasteiger partial charge >= 0.3 is 0 Å². The maximum atomic E-state index is 13.0. The summed E-state index contributed by atoms with van der Waals surface area (Å²) in [5.41, 5.74) is 3.17. The van der Waals surface area contributed by atoms with Crippen LogP contribution in [0, 0.1) is 0 Å². The standard InChI is InChI=1S/C25H28N4O3/c1-2-6-22(25(31)27-20-7-5-8-21(15-20)29-13-3-4-14-29)28-24(30)19-11-9-18(10-12-19)23-16-26-17-32-23/h5,7-12,15-17,22H,2-4,6,13-14H2,1H3,(H,27,31)(H,28,30). The summed E-state index contributed by atoms with van der Waals surface area (Å²) in [7, 11) is 0. The number of anilines is 2. The van der Waals surface area contributed by atoms with Gasteiger partial charge in [0.2, 0.25) is 5.91 Å². The molecule has 1 aromatic heterocycles. The fourth-order valence-electron chi connectivity index (χ4n) is 3.93. The topological polar surface area (TPSA) is 87.5 Å². The molecule has 7 heteroatoms. The number of benzene rings is 2. The van der Waals surface area contributed by atoms with E-state index in [0.29, 0.717) is 17.7 Å². The monoisotopic (exact) mass is 432 g/mol. The van der Waals surface area contributed by atoms with Crippen LogP contribution in [0.15, 0.2) is 65.5 Å². The molecule has 0 saturated carbocycles. The van der Waals surface area contributed by atoms with Gasteiger partial charge in [0.1, 0.15) is 6.04 Å². The maximum absolute atomic E-state index is 13.0. The van der Waals surface area contributed by atoms with Gasteiger partial charge in [-0.05, 0) is 49.6 Å². The third-order valence-corrected chi connectivity index (χ3v) is 5.65. The first-order chi connectivity index (χ1) is 15.6. The molecule has 3 aromatic rings. The molecule has 1 fully saturated rings. The smallest absolute Gasteiger partial charge is 0.251 e. The number of carbonyl (C=O) groups excluding carboxylic acids is 2. The summed E-state index contributed by atoms with van der Waals surface area (Å²) < 4.78 is 5.28. The molecule has 1 atom stereocenters. The van der Waals surface area contributed by atoms with E-state index >= 15 is 0 Å². The van der Waals surface area contributed by atoms with Gasteiger partial charge in [-0.1, -0.05) is 31.5 Å². The number of hydrogen-bond donors (Lipinski definition) is 2. The number of amides is 2. The number of oxazole rings is 1. The summed E-state index contributed by atoms with van der Waals surface area (Å²) in [4.78, 5) is 32.0. The Morgan fingerprint density at radius 1 is 1.12 bits per heavy atom. The average molecular weight is 433 g/mol. The fraction of sp³-hybridized carbons (Fsp3) is 0.320. The molecule has 0 spiro atoms. The minimum Gasteiger partial charge on any atom is -0.444 e. The van der Waals surface area contributed by atoms with Crippen molar-refractivity contribution in [3.8, 4) is 11.3 Å². The van der Waals surface area contributed by atoms with Crippen LogP contribution in [-0.4, -0.2) is 35.9 Å². The van der Waals surface area contributed by atoms with Crippen LogP contribution in [-0.2, 0) is 4.79 Å². The van der Waals surface area contributed by atoms with Crippen molar-refractivity contribution in [3.05, 3.63) is 66.7 Å². The fourth-order valence-corrected chi connectivity index (χ4v) is 3.93. The third kappa shape index (κ3) is 5.17. The van der Waals surface area contributed by atoms with Gasteiger partial charge in [-0.2, -0.15) is 0 Å². The summed E-state index contributed by atoms with van der Waals surface area (Å²) in [6.45, 7) is 4.08. The van der Waals surface area contributed by atoms with Crippen LogP contribution in [0.3, 0.4) is 0 Å². The molecule has 1 aliphatic heterocycles. The SMILES string of the molecule is CCCC(NC(=O)c1ccc(-c2cnco2)cc1)C(=O)Nc1cccc(N2CCCC2)c1. The Kier molecular flexibility index (Phi) is 6.84. The van der Waals surface area contributed by atoms with E-state index in [1.807, 2.05) is 25.1 Å². The second kappa shape index (κ2) is 10.1. The Morgan fingerprint density at radius 2 is 1.91 bits per heavy atom. The lowest BCUT2D eigenvalue weighted by Gasteiger charge is -2.20. The molecule has 1 aliphatic rings. The van der Waals surface area contributed by atoms with Crippen LogP contribution in [0.2, 0.25) is 0 Å². The summed E-state index contributed by atoms with van der Waals surface area (Å²) in [5.74, 6) is 0.141. The summed E-state index contributed by atoms with van der Waals surface area (Å²) in [6, 6.07) is 14.3. The molecule has 2 N–H and O–H groups in total. The van der Waals surface area contributed by atoms with E-state index in [0.717, 1.165) is 36.4 Å². The van der Waals surface area contributed by atoms with Crippen LogP contribution in [0.1, 0.15) is 43.0 Å². The summed E-state index contributed by atoms with van der Waals surface area (Å²) in [5, 5.41) is 5.86. The first-order valence-corrected chi connectivity index (χ1v) is 11.1. The molecule has 166 valence electrons.